The van der Waals surface area contributed by atoms with Crippen LogP contribution in [0.2, 0.25) is 0 Å². The summed E-state index contributed by atoms with van der Waals surface area (Å²) in [6, 6.07) is -2.17. The molecule has 4 aliphatic rings. The molecule has 0 aromatic rings. The standard InChI is InChI=1S/C26H38N4O8S/c1-5-15-14-26(15,23(34)29-39(36,37)16-11-12-16)28-21(32)18-9-7-13-30(18)22(33)20(17-8-6-10-19(17)31)27-24(35)38-25(2,3)4/h6,10,15-18,20H,5,7-9,11-14H2,1-4H3,(H,27,35)(H,28,32)(H,29,34)/t15-,17-,18+,20+,26-/m1/s1. The van der Waals surface area contributed by atoms with Crippen LogP contribution in [0, 0.1) is 11.8 Å². The van der Waals surface area contributed by atoms with Crippen LogP contribution in [0.25, 0.3) is 0 Å². The number of ketones is 1. The first kappa shape index (κ1) is 29.0. The SMILES string of the molecule is CC[C@@H]1C[C@]1(NC(=O)[C@@H]1CCCN1C(=O)[C@@H](NC(=O)OC(C)(C)C)[C@@H]1CC=CC1=O)C(=O)NS(=O)(=O)C1CC1. The number of allylic oxidation sites excluding steroid dienone is 2. The molecule has 1 heterocycles. The van der Waals surface area contributed by atoms with Crippen molar-refractivity contribution in [3.63, 3.8) is 0 Å². The summed E-state index contributed by atoms with van der Waals surface area (Å²) in [4.78, 5) is 66.7. The number of ether oxygens (including phenoxy) is 1. The van der Waals surface area contributed by atoms with Crippen molar-refractivity contribution < 1.29 is 37.1 Å². The summed E-state index contributed by atoms with van der Waals surface area (Å²) in [5, 5.41) is 4.72. The minimum Gasteiger partial charge on any atom is -0.444 e. The molecule has 216 valence electrons. The lowest BCUT2D eigenvalue weighted by atomic mass is 9.94. The first-order chi connectivity index (χ1) is 18.2. The Morgan fingerprint density at radius 2 is 1.87 bits per heavy atom. The molecule has 1 saturated heterocycles. The lowest BCUT2D eigenvalue weighted by Crippen LogP contribution is -2.59. The molecule has 4 rings (SSSR count). The molecule has 12 nitrogen and oxygen atoms in total. The first-order valence-electron chi connectivity index (χ1n) is 13.6. The summed E-state index contributed by atoms with van der Waals surface area (Å²) in [7, 11) is -3.80. The predicted octanol–water partition coefficient (Wildman–Crippen LogP) is 0.909. The summed E-state index contributed by atoms with van der Waals surface area (Å²) < 4.78 is 32.2. The maximum atomic E-state index is 13.7. The molecular weight excluding hydrogens is 528 g/mol. The predicted molar refractivity (Wildman–Crippen MR) is 140 cm³/mol. The van der Waals surface area contributed by atoms with Crippen molar-refractivity contribution in [2.75, 3.05) is 6.54 Å². The lowest BCUT2D eigenvalue weighted by Gasteiger charge is -2.32. The van der Waals surface area contributed by atoms with Crippen LogP contribution in [0.1, 0.15) is 72.6 Å². The Labute approximate surface area is 228 Å². The van der Waals surface area contributed by atoms with Crippen LogP contribution in [0.4, 0.5) is 4.79 Å². The lowest BCUT2D eigenvalue weighted by molar-refractivity contribution is -0.143. The summed E-state index contributed by atoms with van der Waals surface area (Å²) in [6.45, 7) is 7.11. The van der Waals surface area contributed by atoms with Crippen LogP contribution in [-0.4, -0.2) is 77.9 Å². The van der Waals surface area contributed by atoms with E-state index in [-0.39, 0.29) is 24.7 Å². The number of alkyl carbamates (subject to hydrolysis) is 1. The van der Waals surface area contributed by atoms with E-state index in [2.05, 4.69) is 15.4 Å². The quantitative estimate of drug-likeness (QED) is 0.370. The molecule has 0 bridgehead atoms. The monoisotopic (exact) mass is 566 g/mol. The van der Waals surface area contributed by atoms with Crippen molar-refractivity contribution in [2.24, 2.45) is 11.8 Å². The van der Waals surface area contributed by atoms with Gasteiger partial charge in [0, 0.05) is 6.54 Å². The number of rotatable bonds is 9. The van der Waals surface area contributed by atoms with E-state index in [9.17, 15) is 32.4 Å². The number of nitrogens with zero attached hydrogens (tertiary/aromatic N) is 1. The van der Waals surface area contributed by atoms with E-state index in [1.807, 2.05) is 6.92 Å². The number of sulfonamides is 1. The van der Waals surface area contributed by atoms with Gasteiger partial charge in [0.05, 0.1) is 11.2 Å². The zero-order valence-electron chi connectivity index (χ0n) is 22.8. The molecule has 0 spiro atoms. The van der Waals surface area contributed by atoms with E-state index in [4.69, 9.17) is 4.74 Å². The third-order valence-corrected chi connectivity index (χ3v) is 9.58. The van der Waals surface area contributed by atoms with Gasteiger partial charge in [-0.2, -0.15) is 0 Å². The first-order valence-corrected chi connectivity index (χ1v) is 15.1. The summed E-state index contributed by atoms with van der Waals surface area (Å²) in [5.41, 5.74) is -2.18. The van der Waals surface area contributed by atoms with Crippen molar-refractivity contribution in [2.45, 2.75) is 101 Å². The number of nitrogens with one attached hydrogen (secondary N) is 3. The summed E-state index contributed by atoms with van der Waals surface area (Å²) in [6.07, 6.45) is 5.08. The average Bonchev–Trinajstić information content (AvgIpc) is 3.71. The minimum atomic E-state index is -3.80. The normalized spacial score (nSPS) is 29.1. The summed E-state index contributed by atoms with van der Waals surface area (Å²) in [5.74, 6) is -3.27. The van der Waals surface area contributed by atoms with Crippen LogP contribution in [0.5, 0.6) is 0 Å². The van der Waals surface area contributed by atoms with Crippen LogP contribution < -0.4 is 15.4 Å². The average molecular weight is 567 g/mol. The van der Waals surface area contributed by atoms with E-state index in [0.717, 1.165) is 0 Å². The Bertz CT molecular complexity index is 1190. The molecule has 5 atom stereocenters. The third kappa shape index (κ3) is 6.28. The zero-order chi connectivity index (χ0) is 28.8. The van der Waals surface area contributed by atoms with Gasteiger partial charge >= 0.3 is 6.09 Å². The van der Waals surface area contributed by atoms with Gasteiger partial charge in [0.2, 0.25) is 21.8 Å². The third-order valence-electron chi connectivity index (χ3n) is 7.76. The summed E-state index contributed by atoms with van der Waals surface area (Å²) >= 11 is 0. The van der Waals surface area contributed by atoms with E-state index in [1.54, 1.807) is 26.8 Å². The van der Waals surface area contributed by atoms with Crippen molar-refractivity contribution in [1.82, 2.24) is 20.3 Å². The molecule has 0 radical (unpaired) electrons. The molecule has 13 heteroatoms. The van der Waals surface area contributed by atoms with Gasteiger partial charge in [-0.25, -0.2) is 13.2 Å². The van der Waals surface area contributed by atoms with E-state index in [0.29, 0.717) is 38.5 Å². The molecule has 3 aliphatic carbocycles. The largest absolute Gasteiger partial charge is 0.444 e. The van der Waals surface area contributed by atoms with Gasteiger partial charge in [-0.3, -0.25) is 23.9 Å². The zero-order valence-corrected chi connectivity index (χ0v) is 23.6. The molecule has 39 heavy (non-hydrogen) atoms. The Kier molecular flexibility index (Phi) is 7.85. The van der Waals surface area contributed by atoms with Crippen LogP contribution in [0.15, 0.2) is 12.2 Å². The van der Waals surface area contributed by atoms with Crippen molar-refractivity contribution in [3.05, 3.63) is 12.2 Å². The van der Waals surface area contributed by atoms with Gasteiger partial charge in [-0.05, 0) is 71.3 Å². The van der Waals surface area contributed by atoms with Gasteiger partial charge < -0.3 is 20.3 Å². The molecular formula is C26H38N4O8S. The van der Waals surface area contributed by atoms with Crippen molar-refractivity contribution >= 4 is 39.6 Å². The Hall–Kier alpha value is -2.96. The maximum Gasteiger partial charge on any atom is 0.408 e. The number of carbonyl (C=O) groups excluding carboxylic acids is 5. The van der Waals surface area contributed by atoms with Crippen molar-refractivity contribution in [3.8, 4) is 0 Å². The molecule has 2 saturated carbocycles. The highest BCUT2D eigenvalue weighted by atomic mass is 32.2. The van der Waals surface area contributed by atoms with E-state index in [1.165, 1.54) is 11.0 Å². The van der Waals surface area contributed by atoms with Gasteiger partial charge in [-0.15, -0.1) is 0 Å². The number of carbonyl (C=O) groups is 5. The van der Waals surface area contributed by atoms with Crippen molar-refractivity contribution in [1.29, 1.82) is 0 Å². The number of likely N-dealkylation sites (tertiary alicyclic amines) is 1. The molecule has 0 aromatic heterocycles. The van der Waals surface area contributed by atoms with Gasteiger partial charge in [-0.1, -0.05) is 19.4 Å². The number of hydrogen-bond donors (Lipinski definition) is 3. The van der Waals surface area contributed by atoms with Gasteiger partial charge in [0.15, 0.2) is 5.78 Å². The van der Waals surface area contributed by atoms with E-state index < -0.39 is 68.2 Å². The second-order valence-electron chi connectivity index (χ2n) is 11.9. The molecule has 0 aromatic carbocycles. The van der Waals surface area contributed by atoms with E-state index >= 15 is 0 Å². The maximum absolute atomic E-state index is 13.7. The smallest absolute Gasteiger partial charge is 0.408 e. The fourth-order valence-electron chi connectivity index (χ4n) is 5.42. The number of hydrogen-bond acceptors (Lipinski definition) is 8. The Balaban J connectivity index is 1.49. The Morgan fingerprint density at radius 1 is 1.18 bits per heavy atom. The highest BCUT2D eigenvalue weighted by Crippen LogP contribution is 2.46. The second-order valence-corrected chi connectivity index (χ2v) is 13.9. The minimum absolute atomic E-state index is 0.226. The number of amides is 4. The highest BCUT2D eigenvalue weighted by Gasteiger charge is 2.62. The fraction of sp³-hybridized carbons (Fsp3) is 0.731. The topological polar surface area (TPSA) is 168 Å². The second kappa shape index (κ2) is 10.5. The molecule has 4 amide bonds. The molecule has 3 fully saturated rings. The molecule has 3 N–H and O–H groups in total. The highest BCUT2D eigenvalue weighted by molar-refractivity contribution is 7.91. The van der Waals surface area contributed by atoms with Crippen LogP contribution >= 0.6 is 0 Å². The Morgan fingerprint density at radius 3 is 2.41 bits per heavy atom. The molecule has 1 aliphatic heterocycles. The van der Waals surface area contributed by atoms with Crippen LogP contribution in [-0.2, 0) is 33.9 Å². The molecule has 0 unspecified atom stereocenters. The fourth-order valence-corrected chi connectivity index (χ4v) is 6.78. The van der Waals surface area contributed by atoms with Gasteiger partial charge in [0.25, 0.3) is 5.91 Å². The van der Waals surface area contributed by atoms with Gasteiger partial charge in [0.1, 0.15) is 23.2 Å². The van der Waals surface area contributed by atoms with Crippen LogP contribution in [0.3, 0.4) is 0 Å².